The van der Waals surface area contributed by atoms with E-state index in [0.29, 0.717) is 18.7 Å². The van der Waals surface area contributed by atoms with Crippen LogP contribution in [-0.2, 0) is 11.2 Å². The second-order valence-electron chi connectivity index (χ2n) is 4.75. The van der Waals surface area contributed by atoms with Crippen molar-refractivity contribution in [2.45, 2.75) is 25.8 Å². The van der Waals surface area contributed by atoms with Crippen molar-refractivity contribution in [3.8, 4) is 0 Å². The van der Waals surface area contributed by atoms with Crippen LogP contribution in [-0.4, -0.2) is 41.7 Å². The fourth-order valence-electron chi connectivity index (χ4n) is 1.90. The second-order valence-corrected chi connectivity index (χ2v) is 5.73. The number of hydrogen-bond acceptors (Lipinski definition) is 3. The maximum Gasteiger partial charge on any atom is 0.326 e. The van der Waals surface area contributed by atoms with Crippen LogP contribution < -0.4 is 10.6 Å². The van der Waals surface area contributed by atoms with E-state index >= 15 is 0 Å². The maximum absolute atomic E-state index is 11.7. The fraction of sp³-hybridized carbons (Fsp3) is 0.467. The van der Waals surface area contributed by atoms with Gasteiger partial charge in [0.25, 0.3) is 0 Å². The van der Waals surface area contributed by atoms with Crippen molar-refractivity contribution in [1.29, 1.82) is 0 Å². The Morgan fingerprint density at radius 2 is 2.05 bits per heavy atom. The van der Waals surface area contributed by atoms with Gasteiger partial charge in [-0.2, -0.15) is 11.8 Å². The predicted octanol–water partition coefficient (Wildman–Crippen LogP) is 2.04. The molecule has 0 aliphatic carbocycles. The van der Waals surface area contributed by atoms with E-state index in [-0.39, 0.29) is 0 Å². The zero-order chi connectivity index (χ0) is 15.7. The molecule has 1 aromatic rings. The molecule has 1 atom stereocenters. The van der Waals surface area contributed by atoms with Crippen molar-refractivity contribution < 1.29 is 14.7 Å². The van der Waals surface area contributed by atoms with Gasteiger partial charge in [-0.1, -0.05) is 24.3 Å². The summed E-state index contributed by atoms with van der Waals surface area (Å²) in [4.78, 5) is 22.7. The van der Waals surface area contributed by atoms with Crippen molar-refractivity contribution in [2.24, 2.45) is 0 Å². The van der Waals surface area contributed by atoms with Crippen LogP contribution in [0.1, 0.15) is 17.5 Å². The van der Waals surface area contributed by atoms with Gasteiger partial charge in [0, 0.05) is 6.54 Å². The molecule has 2 amide bonds. The quantitative estimate of drug-likeness (QED) is 0.686. The summed E-state index contributed by atoms with van der Waals surface area (Å²) in [7, 11) is 0. The molecule has 0 heterocycles. The smallest absolute Gasteiger partial charge is 0.326 e. The van der Waals surface area contributed by atoms with Crippen molar-refractivity contribution in [3.63, 3.8) is 0 Å². The van der Waals surface area contributed by atoms with Gasteiger partial charge in [0.2, 0.25) is 0 Å². The van der Waals surface area contributed by atoms with Gasteiger partial charge < -0.3 is 15.7 Å². The third-order valence-electron chi connectivity index (χ3n) is 3.16. The molecule has 0 aliphatic heterocycles. The minimum Gasteiger partial charge on any atom is -0.480 e. The lowest BCUT2D eigenvalue weighted by atomic mass is 10.1. The number of carboxylic acid groups (broad SMARTS) is 1. The number of hydrogen-bond donors (Lipinski definition) is 3. The molecule has 1 rings (SSSR count). The van der Waals surface area contributed by atoms with Gasteiger partial charge in [0.15, 0.2) is 0 Å². The third-order valence-corrected chi connectivity index (χ3v) is 3.80. The van der Waals surface area contributed by atoms with Crippen LogP contribution in [0.25, 0.3) is 0 Å². The summed E-state index contributed by atoms with van der Waals surface area (Å²) in [6.45, 7) is 2.50. The van der Waals surface area contributed by atoms with E-state index in [1.54, 1.807) is 11.8 Å². The van der Waals surface area contributed by atoms with Crippen molar-refractivity contribution in [3.05, 3.63) is 35.4 Å². The number of carbonyl (C=O) groups is 2. The van der Waals surface area contributed by atoms with Crippen LogP contribution in [0.15, 0.2) is 24.3 Å². The number of carboxylic acids is 1. The molecule has 6 heteroatoms. The first-order valence-corrected chi connectivity index (χ1v) is 8.24. The van der Waals surface area contributed by atoms with Crippen LogP contribution in [0.5, 0.6) is 0 Å². The Balaban J connectivity index is 2.36. The van der Waals surface area contributed by atoms with Gasteiger partial charge in [-0.3, -0.25) is 0 Å². The highest BCUT2D eigenvalue weighted by molar-refractivity contribution is 7.98. The number of urea groups is 1. The molecule has 0 saturated heterocycles. The zero-order valence-corrected chi connectivity index (χ0v) is 13.2. The van der Waals surface area contributed by atoms with Gasteiger partial charge in [-0.05, 0) is 42.9 Å². The normalized spacial score (nSPS) is 11.7. The number of aryl methyl sites for hydroxylation is 1. The Bertz CT molecular complexity index is 480. The molecule has 0 bridgehead atoms. The summed E-state index contributed by atoms with van der Waals surface area (Å²) in [5.74, 6) is -0.307. The number of carbonyl (C=O) groups excluding carboxylic acids is 1. The van der Waals surface area contributed by atoms with Crippen LogP contribution in [0.4, 0.5) is 4.79 Å². The largest absolute Gasteiger partial charge is 0.480 e. The van der Waals surface area contributed by atoms with Crippen molar-refractivity contribution >= 4 is 23.8 Å². The second kappa shape index (κ2) is 9.28. The van der Waals surface area contributed by atoms with E-state index in [9.17, 15) is 9.59 Å². The Labute approximate surface area is 129 Å². The molecule has 0 aliphatic rings. The molecular formula is C15H22N2O3S. The average molecular weight is 310 g/mol. The van der Waals surface area contributed by atoms with E-state index in [1.165, 1.54) is 11.1 Å². The number of amides is 2. The molecule has 21 heavy (non-hydrogen) atoms. The standard InChI is InChI=1S/C15H22N2O3S/c1-11-5-3-4-6-12(11)7-9-16-15(20)17-13(14(18)19)8-10-21-2/h3-6,13H,7-10H2,1-2H3,(H,18,19)(H2,16,17,20). The number of rotatable bonds is 8. The molecule has 0 spiro atoms. The lowest BCUT2D eigenvalue weighted by Gasteiger charge is -2.15. The zero-order valence-electron chi connectivity index (χ0n) is 12.4. The summed E-state index contributed by atoms with van der Waals surface area (Å²) in [5.41, 5.74) is 2.36. The van der Waals surface area contributed by atoms with Crippen LogP contribution in [0.3, 0.4) is 0 Å². The molecule has 1 unspecified atom stereocenters. The summed E-state index contributed by atoms with van der Waals surface area (Å²) in [6.07, 6.45) is 3.05. The number of nitrogens with one attached hydrogen (secondary N) is 2. The number of aliphatic carboxylic acids is 1. The highest BCUT2D eigenvalue weighted by atomic mass is 32.2. The van der Waals surface area contributed by atoms with Gasteiger partial charge in [-0.25, -0.2) is 9.59 Å². The van der Waals surface area contributed by atoms with Gasteiger partial charge >= 0.3 is 12.0 Å². The van der Waals surface area contributed by atoms with E-state index in [0.717, 1.165) is 6.42 Å². The van der Waals surface area contributed by atoms with E-state index in [2.05, 4.69) is 10.6 Å². The molecule has 0 aromatic heterocycles. The van der Waals surface area contributed by atoms with Crippen LogP contribution in [0, 0.1) is 6.92 Å². The summed E-state index contributed by atoms with van der Waals surface area (Å²) < 4.78 is 0. The summed E-state index contributed by atoms with van der Waals surface area (Å²) in [6, 6.07) is 6.71. The molecule has 116 valence electrons. The number of benzene rings is 1. The highest BCUT2D eigenvalue weighted by Gasteiger charge is 2.18. The van der Waals surface area contributed by atoms with Crippen LogP contribution in [0.2, 0.25) is 0 Å². The molecule has 5 nitrogen and oxygen atoms in total. The van der Waals surface area contributed by atoms with Crippen molar-refractivity contribution in [1.82, 2.24) is 10.6 Å². The average Bonchev–Trinajstić information content (AvgIpc) is 2.45. The first kappa shape index (κ1) is 17.4. The Morgan fingerprint density at radius 3 is 2.67 bits per heavy atom. The lowest BCUT2D eigenvalue weighted by molar-refractivity contribution is -0.139. The molecule has 1 aromatic carbocycles. The third kappa shape index (κ3) is 6.53. The van der Waals surface area contributed by atoms with Crippen LogP contribution >= 0.6 is 11.8 Å². The topological polar surface area (TPSA) is 78.4 Å². The molecule has 0 radical (unpaired) electrons. The Kier molecular flexibility index (Phi) is 7.68. The maximum atomic E-state index is 11.7. The molecule has 3 N–H and O–H groups in total. The summed E-state index contributed by atoms with van der Waals surface area (Å²) in [5, 5.41) is 14.2. The molecular weight excluding hydrogens is 288 g/mol. The van der Waals surface area contributed by atoms with E-state index in [1.807, 2.05) is 37.4 Å². The minimum atomic E-state index is -1.00. The molecule has 0 saturated carbocycles. The van der Waals surface area contributed by atoms with E-state index < -0.39 is 18.0 Å². The fourth-order valence-corrected chi connectivity index (χ4v) is 2.38. The number of thioether (sulfide) groups is 1. The van der Waals surface area contributed by atoms with Gasteiger partial charge in [0.1, 0.15) is 6.04 Å². The predicted molar refractivity (Wildman–Crippen MR) is 85.8 cm³/mol. The lowest BCUT2D eigenvalue weighted by Crippen LogP contribution is -2.46. The molecule has 0 fully saturated rings. The highest BCUT2D eigenvalue weighted by Crippen LogP contribution is 2.06. The first-order valence-electron chi connectivity index (χ1n) is 6.85. The SMILES string of the molecule is CSCCC(NC(=O)NCCc1ccccc1C)C(=O)O. The Hall–Kier alpha value is -1.69. The van der Waals surface area contributed by atoms with Gasteiger partial charge in [-0.15, -0.1) is 0 Å². The summed E-state index contributed by atoms with van der Waals surface area (Å²) >= 11 is 1.56. The monoisotopic (exact) mass is 310 g/mol. The minimum absolute atomic E-state index is 0.418. The van der Waals surface area contributed by atoms with Gasteiger partial charge in [0.05, 0.1) is 0 Å². The van der Waals surface area contributed by atoms with Crippen molar-refractivity contribution in [2.75, 3.05) is 18.6 Å². The first-order chi connectivity index (χ1) is 10.0. The van der Waals surface area contributed by atoms with E-state index in [4.69, 9.17) is 5.11 Å². The Morgan fingerprint density at radius 1 is 1.33 bits per heavy atom.